The molecule has 4 N–H and O–H groups in total. The number of nitrogens with zero attached hydrogens (tertiary/aromatic N) is 3. The van der Waals surface area contributed by atoms with E-state index < -0.39 is 0 Å². The van der Waals surface area contributed by atoms with Crippen molar-refractivity contribution < 1.29 is 4.76 Å². The van der Waals surface area contributed by atoms with Crippen LogP contribution >= 0.6 is 11.8 Å². The lowest BCUT2D eigenvalue weighted by molar-refractivity contribution is -0.332. The van der Waals surface area contributed by atoms with Gasteiger partial charge in [0.25, 0.3) is 0 Å². The van der Waals surface area contributed by atoms with Crippen molar-refractivity contribution in [1.29, 1.82) is 5.41 Å². The molecule has 160 valence electrons. The number of aromatic nitrogens is 2. The lowest BCUT2D eigenvalue weighted by Crippen LogP contribution is -2.19. The van der Waals surface area contributed by atoms with E-state index in [1.807, 2.05) is 50.4 Å². The van der Waals surface area contributed by atoms with E-state index in [0.29, 0.717) is 27.9 Å². The van der Waals surface area contributed by atoms with E-state index >= 15 is 0 Å². The molecule has 0 aliphatic rings. The van der Waals surface area contributed by atoms with Gasteiger partial charge in [0.1, 0.15) is 0 Å². The number of amidine groups is 1. The van der Waals surface area contributed by atoms with Gasteiger partial charge in [0.15, 0.2) is 11.5 Å². The first-order valence-electron chi connectivity index (χ1n) is 10.00. The summed E-state index contributed by atoms with van der Waals surface area (Å²) < 4.78 is 0.547. The number of nitrogen functional groups attached to an aromatic ring is 1. The lowest BCUT2D eigenvalue weighted by atomic mass is 10.1. The fourth-order valence-electron chi connectivity index (χ4n) is 3.16. The van der Waals surface area contributed by atoms with Gasteiger partial charge in [0.05, 0.1) is 11.9 Å². The number of rotatable bonds is 7. The fraction of sp³-hybridized carbons (Fsp3) is 0.261. The summed E-state index contributed by atoms with van der Waals surface area (Å²) in [6.45, 7) is 6.83. The maximum absolute atomic E-state index is 12.9. The van der Waals surface area contributed by atoms with Gasteiger partial charge < -0.3 is 11.1 Å². The second-order valence-electron chi connectivity index (χ2n) is 7.47. The van der Waals surface area contributed by atoms with Crippen LogP contribution in [-0.4, -0.2) is 32.9 Å². The maximum Gasteiger partial charge on any atom is 0.388 e. The molecule has 8 heteroatoms. The molecule has 2 aromatic carbocycles. The number of hydrogen-bond acceptors (Lipinski definition) is 7. The van der Waals surface area contributed by atoms with Crippen LogP contribution in [0.15, 0.2) is 53.6 Å². The van der Waals surface area contributed by atoms with Gasteiger partial charge in [-0.15, -0.1) is 11.8 Å². The minimum absolute atomic E-state index is 0.0473. The van der Waals surface area contributed by atoms with Gasteiger partial charge in [-0.2, -0.15) is 0 Å². The Morgan fingerprint density at radius 2 is 1.94 bits per heavy atom. The molecule has 3 rings (SSSR count). The molecule has 1 heterocycles. The molecule has 0 fully saturated rings. The molecule has 0 saturated heterocycles. The summed E-state index contributed by atoms with van der Waals surface area (Å²) in [6.07, 6.45) is 1.56. The highest BCUT2D eigenvalue weighted by Gasteiger charge is 2.27. The van der Waals surface area contributed by atoms with Crippen LogP contribution in [0.25, 0.3) is 11.3 Å². The van der Waals surface area contributed by atoms with Crippen LogP contribution in [0, 0.1) is 17.2 Å². The van der Waals surface area contributed by atoms with Crippen molar-refractivity contribution in [2.45, 2.75) is 37.5 Å². The van der Waals surface area contributed by atoms with Crippen molar-refractivity contribution >= 4 is 29.1 Å². The standard InChI is InChI=1S/C23H27N6OS/c1-14(2)31-18-8-6-17(7-9-18)19-13-27-22(24)21(28-19)23(25)29(30)20-10-5-16(12-26-4)11-15(20)3/h5-11,13-14,25-26H,12H2,1-4H3,(H2,24,27)/q+1. The Labute approximate surface area is 186 Å². The summed E-state index contributed by atoms with van der Waals surface area (Å²) in [7, 11) is 1.87. The third-order valence-electron chi connectivity index (χ3n) is 4.61. The Balaban J connectivity index is 1.89. The minimum Gasteiger partial charge on any atom is -0.382 e. The van der Waals surface area contributed by atoms with Crippen molar-refractivity contribution in [1.82, 2.24) is 15.3 Å². The zero-order valence-electron chi connectivity index (χ0n) is 18.1. The number of nitrogens with two attached hydrogens (primary N) is 1. The van der Waals surface area contributed by atoms with Gasteiger partial charge >= 0.3 is 5.84 Å². The van der Waals surface area contributed by atoms with E-state index in [1.54, 1.807) is 24.0 Å². The molecule has 0 unspecified atom stereocenters. The van der Waals surface area contributed by atoms with E-state index in [4.69, 9.17) is 11.1 Å². The second-order valence-corrected chi connectivity index (χ2v) is 9.12. The molecular formula is C23H27N6OS+. The predicted octanol–water partition coefficient (Wildman–Crippen LogP) is 4.69. The Morgan fingerprint density at radius 1 is 1.23 bits per heavy atom. The Kier molecular flexibility index (Phi) is 7.14. The van der Waals surface area contributed by atoms with Gasteiger partial charge in [0, 0.05) is 32.6 Å². The highest BCUT2D eigenvalue weighted by molar-refractivity contribution is 7.99. The van der Waals surface area contributed by atoms with Crippen LogP contribution in [0.2, 0.25) is 0 Å². The van der Waals surface area contributed by atoms with E-state index in [0.717, 1.165) is 21.6 Å². The van der Waals surface area contributed by atoms with Crippen LogP contribution in [0.5, 0.6) is 0 Å². The van der Waals surface area contributed by atoms with E-state index in [-0.39, 0.29) is 17.3 Å². The molecular weight excluding hydrogens is 408 g/mol. The van der Waals surface area contributed by atoms with Crippen LogP contribution in [0.4, 0.5) is 11.5 Å². The van der Waals surface area contributed by atoms with Gasteiger partial charge in [-0.05, 0) is 37.7 Å². The van der Waals surface area contributed by atoms with Crippen molar-refractivity contribution in [2.24, 2.45) is 0 Å². The van der Waals surface area contributed by atoms with Crippen molar-refractivity contribution in [3.63, 3.8) is 0 Å². The van der Waals surface area contributed by atoms with Crippen molar-refractivity contribution in [3.05, 3.63) is 70.4 Å². The number of nitroso groups, excluding NO2 is 1. The predicted molar refractivity (Wildman–Crippen MR) is 127 cm³/mol. The lowest BCUT2D eigenvalue weighted by Gasteiger charge is -2.08. The third kappa shape index (κ3) is 5.34. The molecule has 0 saturated carbocycles. The zero-order valence-corrected chi connectivity index (χ0v) is 19.0. The molecule has 0 spiro atoms. The smallest absolute Gasteiger partial charge is 0.382 e. The summed E-state index contributed by atoms with van der Waals surface area (Å²) in [4.78, 5) is 22.8. The van der Waals surface area contributed by atoms with E-state index in [1.165, 1.54) is 0 Å². The fourth-order valence-corrected chi connectivity index (χ4v) is 4.00. The Hall–Kier alpha value is -3.10. The number of anilines is 1. The minimum atomic E-state index is -0.344. The first kappa shape index (κ1) is 22.6. The van der Waals surface area contributed by atoms with E-state index in [9.17, 15) is 4.91 Å². The maximum atomic E-state index is 12.9. The molecule has 31 heavy (non-hydrogen) atoms. The van der Waals surface area contributed by atoms with E-state index in [2.05, 4.69) is 29.1 Å². The molecule has 1 aromatic heterocycles. The van der Waals surface area contributed by atoms with Gasteiger partial charge in [-0.25, -0.2) is 9.97 Å². The highest BCUT2D eigenvalue weighted by atomic mass is 32.2. The average molecular weight is 436 g/mol. The van der Waals surface area contributed by atoms with Crippen LogP contribution < -0.4 is 11.1 Å². The normalized spacial score (nSPS) is 11.0. The summed E-state index contributed by atoms with van der Waals surface area (Å²) in [5, 5.41) is 12.0. The number of thioether (sulfide) groups is 1. The molecule has 7 nitrogen and oxygen atoms in total. The summed E-state index contributed by atoms with van der Waals surface area (Å²) in [5.74, 6) is -0.297. The highest BCUT2D eigenvalue weighted by Crippen LogP contribution is 2.27. The summed E-state index contributed by atoms with van der Waals surface area (Å²) in [5.41, 5.74) is 9.65. The topological polar surface area (TPSA) is 108 Å². The quantitative estimate of drug-likeness (QED) is 0.215. The first-order chi connectivity index (χ1) is 14.8. The average Bonchev–Trinajstić information content (AvgIpc) is 2.74. The molecule has 0 bridgehead atoms. The summed E-state index contributed by atoms with van der Waals surface area (Å²) in [6, 6.07) is 13.5. The van der Waals surface area contributed by atoms with Crippen LogP contribution in [-0.2, 0) is 6.54 Å². The largest absolute Gasteiger partial charge is 0.388 e. The molecule has 3 aromatic rings. The Bertz CT molecular complexity index is 1110. The zero-order chi connectivity index (χ0) is 22.5. The molecule has 0 atom stereocenters. The van der Waals surface area contributed by atoms with Crippen LogP contribution in [0.3, 0.4) is 0 Å². The first-order valence-corrected chi connectivity index (χ1v) is 10.9. The third-order valence-corrected chi connectivity index (χ3v) is 5.63. The van der Waals surface area contributed by atoms with Crippen molar-refractivity contribution in [3.8, 4) is 11.3 Å². The molecule has 0 radical (unpaired) electrons. The monoisotopic (exact) mass is 435 g/mol. The number of benzene rings is 2. The Morgan fingerprint density at radius 3 is 2.55 bits per heavy atom. The van der Waals surface area contributed by atoms with Gasteiger partial charge in [-0.1, -0.05) is 48.4 Å². The van der Waals surface area contributed by atoms with Crippen molar-refractivity contribution in [2.75, 3.05) is 12.8 Å². The number of aryl methyl sites for hydroxylation is 1. The number of hydrogen-bond donors (Lipinski definition) is 3. The molecule has 0 amide bonds. The molecule has 0 aliphatic carbocycles. The molecule has 0 aliphatic heterocycles. The summed E-state index contributed by atoms with van der Waals surface area (Å²) >= 11 is 1.78. The van der Waals surface area contributed by atoms with Gasteiger partial charge in [-0.3, -0.25) is 0 Å². The van der Waals surface area contributed by atoms with Crippen LogP contribution in [0.1, 0.15) is 30.7 Å². The number of nitrogens with one attached hydrogen (secondary N) is 2. The second kappa shape index (κ2) is 9.80. The SMILES string of the molecule is CNCc1ccc([N+](=O)C(=N)c2nc(-c3ccc(SC(C)C)cc3)cnc2N)c(C)c1. The van der Waals surface area contributed by atoms with Gasteiger partial charge in [0.2, 0.25) is 5.69 Å².